The monoisotopic (exact) mass is 198 g/mol. The van der Waals surface area contributed by atoms with Gasteiger partial charge < -0.3 is 5.73 Å². The molecule has 1 aliphatic rings. The van der Waals surface area contributed by atoms with E-state index in [1.54, 1.807) is 0 Å². The van der Waals surface area contributed by atoms with Crippen LogP contribution in [0.15, 0.2) is 5.18 Å². The molecule has 0 saturated heterocycles. The highest BCUT2D eigenvalue weighted by molar-refractivity contribution is 5.77. The van der Waals surface area contributed by atoms with Crippen molar-refractivity contribution >= 4 is 5.91 Å². The third-order valence-corrected chi connectivity index (χ3v) is 3.24. The molecule has 14 heavy (non-hydrogen) atoms. The third kappa shape index (κ3) is 2.30. The highest BCUT2D eigenvalue weighted by Gasteiger charge is 2.34. The standard InChI is InChI=1S/C10H18N2O2/c1-2-7(10(11)13)8-5-3-4-6-9(8)12-14/h7-9H,2-6H2,1H3,(H2,11,13). The van der Waals surface area contributed by atoms with E-state index in [9.17, 15) is 9.70 Å². The molecule has 0 bridgehead atoms. The van der Waals surface area contributed by atoms with E-state index in [1.807, 2.05) is 6.92 Å². The maximum absolute atomic E-state index is 11.2. The van der Waals surface area contributed by atoms with Gasteiger partial charge in [0.1, 0.15) is 0 Å². The van der Waals surface area contributed by atoms with Crippen molar-refractivity contribution in [1.29, 1.82) is 0 Å². The molecule has 1 rings (SSSR count). The number of nitroso groups, excluding NO2 is 1. The van der Waals surface area contributed by atoms with Crippen molar-refractivity contribution < 1.29 is 4.79 Å². The zero-order valence-electron chi connectivity index (χ0n) is 8.61. The van der Waals surface area contributed by atoms with E-state index >= 15 is 0 Å². The van der Waals surface area contributed by atoms with Crippen LogP contribution in [0, 0.1) is 16.7 Å². The quantitative estimate of drug-likeness (QED) is 0.700. The number of amides is 1. The minimum atomic E-state index is -0.284. The first-order chi connectivity index (χ1) is 6.70. The van der Waals surface area contributed by atoms with E-state index in [-0.39, 0.29) is 23.8 Å². The van der Waals surface area contributed by atoms with Crippen LogP contribution in [0.1, 0.15) is 39.0 Å². The predicted octanol–water partition coefficient (Wildman–Crippen LogP) is 1.82. The third-order valence-electron chi connectivity index (χ3n) is 3.24. The number of carbonyl (C=O) groups excluding carboxylic acids is 1. The number of carbonyl (C=O) groups is 1. The SMILES string of the molecule is CCC(C(N)=O)C1CCCCC1N=O. The van der Waals surface area contributed by atoms with Crippen molar-refractivity contribution in [3.8, 4) is 0 Å². The van der Waals surface area contributed by atoms with Gasteiger partial charge in [-0.25, -0.2) is 0 Å². The number of nitrogens with zero attached hydrogens (tertiary/aromatic N) is 1. The van der Waals surface area contributed by atoms with Crippen molar-refractivity contribution in [3.05, 3.63) is 4.91 Å². The van der Waals surface area contributed by atoms with Gasteiger partial charge in [-0.2, -0.15) is 4.91 Å². The minimum Gasteiger partial charge on any atom is -0.369 e. The van der Waals surface area contributed by atoms with Gasteiger partial charge in [0.05, 0.1) is 6.04 Å². The van der Waals surface area contributed by atoms with Crippen LogP contribution < -0.4 is 5.73 Å². The van der Waals surface area contributed by atoms with Crippen LogP contribution in [0.25, 0.3) is 0 Å². The lowest BCUT2D eigenvalue weighted by Crippen LogP contribution is -2.37. The largest absolute Gasteiger partial charge is 0.369 e. The highest BCUT2D eigenvalue weighted by atomic mass is 16.3. The van der Waals surface area contributed by atoms with Crippen LogP contribution in [-0.4, -0.2) is 11.9 Å². The van der Waals surface area contributed by atoms with Gasteiger partial charge in [-0.3, -0.25) is 4.79 Å². The Balaban J connectivity index is 2.70. The molecule has 2 N–H and O–H groups in total. The molecular weight excluding hydrogens is 180 g/mol. The normalized spacial score (nSPS) is 29.5. The molecule has 0 spiro atoms. The molecule has 0 aromatic heterocycles. The lowest BCUT2D eigenvalue weighted by molar-refractivity contribution is -0.124. The van der Waals surface area contributed by atoms with Gasteiger partial charge in [-0.1, -0.05) is 24.9 Å². The topological polar surface area (TPSA) is 72.5 Å². The minimum absolute atomic E-state index is 0.0868. The zero-order valence-corrected chi connectivity index (χ0v) is 8.61. The fourth-order valence-electron chi connectivity index (χ4n) is 2.46. The molecule has 1 amide bonds. The van der Waals surface area contributed by atoms with Gasteiger partial charge >= 0.3 is 0 Å². The number of hydrogen-bond donors (Lipinski definition) is 1. The Hall–Kier alpha value is -0.930. The van der Waals surface area contributed by atoms with Crippen LogP contribution in [-0.2, 0) is 4.79 Å². The number of rotatable bonds is 4. The summed E-state index contributed by atoms with van der Waals surface area (Å²) in [5.74, 6) is -0.366. The first-order valence-corrected chi connectivity index (χ1v) is 5.32. The fourth-order valence-corrected chi connectivity index (χ4v) is 2.46. The van der Waals surface area contributed by atoms with Gasteiger partial charge in [-0.05, 0) is 25.2 Å². The van der Waals surface area contributed by atoms with Gasteiger partial charge in [0, 0.05) is 5.92 Å². The Morgan fingerprint density at radius 3 is 2.64 bits per heavy atom. The maximum Gasteiger partial charge on any atom is 0.220 e. The molecule has 4 heteroatoms. The van der Waals surface area contributed by atoms with Crippen LogP contribution in [0.4, 0.5) is 0 Å². The fraction of sp³-hybridized carbons (Fsp3) is 0.900. The second-order valence-electron chi connectivity index (χ2n) is 4.04. The summed E-state index contributed by atoms with van der Waals surface area (Å²) in [6.07, 6.45) is 4.57. The summed E-state index contributed by atoms with van der Waals surface area (Å²) in [6, 6.07) is -0.193. The Morgan fingerprint density at radius 2 is 2.14 bits per heavy atom. The molecule has 0 radical (unpaired) electrons. The van der Waals surface area contributed by atoms with Crippen LogP contribution >= 0.6 is 0 Å². The summed E-state index contributed by atoms with van der Waals surface area (Å²) in [6.45, 7) is 1.94. The number of primary amides is 1. The molecule has 0 heterocycles. The Morgan fingerprint density at radius 1 is 1.50 bits per heavy atom. The van der Waals surface area contributed by atoms with Gasteiger partial charge in [0.25, 0.3) is 0 Å². The molecule has 3 unspecified atom stereocenters. The summed E-state index contributed by atoms with van der Waals surface area (Å²) in [5.41, 5.74) is 5.31. The lowest BCUT2D eigenvalue weighted by atomic mass is 9.75. The first kappa shape index (κ1) is 11.1. The van der Waals surface area contributed by atoms with E-state index < -0.39 is 0 Å². The second kappa shape index (κ2) is 5.08. The maximum atomic E-state index is 11.2. The molecule has 1 saturated carbocycles. The van der Waals surface area contributed by atoms with Gasteiger partial charge in [0.15, 0.2) is 0 Å². The Labute approximate surface area is 84.2 Å². The average Bonchev–Trinajstić information content (AvgIpc) is 2.19. The smallest absolute Gasteiger partial charge is 0.220 e. The van der Waals surface area contributed by atoms with Gasteiger partial charge in [-0.15, -0.1) is 0 Å². The van der Waals surface area contributed by atoms with E-state index in [0.717, 1.165) is 25.7 Å². The second-order valence-corrected chi connectivity index (χ2v) is 4.04. The molecule has 1 aliphatic carbocycles. The molecule has 0 aromatic rings. The van der Waals surface area contributed by atoms with E-state index in [0.29, 0.717) is 6.42 Å². The number of hydrogen-bond acceptors (Lipinski definition) is 3. The molecule has 3 atom stereocenters. The van der Waals surface area contributed by atoms with Crippen LogP contribution in [0.3, 0.4) is 0 Å². The predicted molar refractivity (Wildman–Crippen MR) is 54.5 cm³/mol. The summed E-state index contributed by atoms with van der Waals surface area (Å²) >= 11 is 0. The van der Waals surface area contributed by atoms with Crippen LogP contribution in [0.5, 0.6) is 0 Å². The molecule has 4 nitrogen and oxygen atoms in total. The average molecular weight is 198 g/mol. The molecule has 0 aliphatic heterocycles. The first-order valence-electron chi connectivity index (χ1n) is 5.32. The summed E-state index contributed by atoms with van der Waals surface area (Å²) in [4.78, 5) is 21.8. The van der Waals surface area contributed by atoms with Crippen molar-refractivity contribution in [2.45, 2.75) is 45.1 Å². The van der Waals surface area contributed by atoms with Crippen molar-refractivity contribution in [1.82, 2.24) is 0 Å². The van der Waals surface area contributed by atoms with E-state index in [4.69, 9.17) is 5.73 Å². The summed E-state index contributed by atoms with van der Waals surface area (Å²) in [7, 11) is 0. The highest BCUT2D eigenvalue weighted by Crippen LogP contribution is 2.33. The van der Waals surface area contributed by atoms with Crippen molar-refractivity contribution in [2.24, 2.45) is 22.7 Å². The molecular formula is C10H18N2O2. The zero-order chi connectivity index (χ0) is 10.6. The van der Waals surface area contributed by atoms with E-state index in [2.05, 4.69) is 5.18 Å². The van der Waals surface area contributed by atoms with E-state index in [1.165, 1.54) is 0 Å². The Kier molecular flexibility index (Phi) is 4.04. The molecule has 80 valence electrons. The lowest BCUT2D eigenvalue weighted by Gasteiger charge is -2.31. The van der Waals surface area contributed by atoms with Crippen LogP contribution in [0.2, 0.25) is 0 Å². The Bertz CT molecular complexity index is 218. The molecule has 1 fully saturated rings. The summed E-state index contributed by atoms with van der Waals surface area (Å²) in [5, 5.41) is 3.12. The summed E-state index contributed by atoms with van der Waals surface area (Å²) < 4.78 is 0. The van der Waals surface area contributed by atoms with Crippen molar-refractivity contribution in [3.63, 3.8) is 0 Å². The molecule has 0 aromatic carbocycles. The van der Waals surface area contributed by atoms with Gasteiger partial charge in [0.2, 0.25) is 5.91 Å². The van der Waals surface area contributed by atoms with Crippen molar-refractivity contribution in [2.75, 3.05) is 0 Å². The number of nitrogens with two attached hydrogens (primary N) is 1.